The van der Waals surface area contributed by atoms with Crippen molar-refractivity contribution in [3.8, 4) is 0 Å². The normalized spacial score (nSPS) is 10.3. The summed E-state index contributed by atoms with van der Waals surface area (Å²) in [7, 11) is 0. The fourth-order valence-electron chi connectivity index (χ4n) is 2.63. The van der Waals surface area contributed by atoms with Crippen LogP contribution in [0.1, 0.15) is 11.1 Å². The van der Waals surface area contributed by atoms with E-state index in [2.05, 4.69) is 10.6 Å². The van der Waals surface area contributed by atoms with Crippen LogP contribution in [-0.4, -0.2) is 17.6 Å². The number of thioether (sulfide) groups is 1. The van der Waals surface area contributed by atoms with Gasteiger partial charge in [0.1, 0.15) is 0 Å². The molecule has 0 saturated carbocycles. The fraction of sp³-hybridized carbons (Fsp3) is 0.130. The second-order valence-corrected chi connectivity index (χ2v) is 7.49. The number of rotatable bonds is 7. The third kappa shape index (κ3) is 6.28. The number of benzene rings is 3. The van der Waals surface area contributed by atoms with E-state index in [4.69, 9.17) is 0 Å². The molecule has 0 fully saturated rings. The third-order valence-corrected chi connectivity index (χ3v) is 5.02. The molecule has 0 spiro atoms. The van der Waals surface area contributed by atoms with E-state index in [1.165, 1.54) is 11.8 Å². The lowest BCUT2D eigenvalue weighted by Gasteiger charge is -2.08. The molecule has 2 N–H and O–H groups in total. The van der Waals surface area contributed by atoms with Crippen molar-refractivity contribution in [3.63, 3.8) is 0 Å². The smallest absolute Gasteiger partial charge is 0.234 e. The molecule has 0 aliphatic heterocycles. The summed E-state index contributed by atoms with van der Waals surface area (Å²) in [6.07, 6.45) is 0.331. The predicted molar refractivity (Wildman–Crippen MR) is 116 cm³/mol. The van der Waals surface area contributed by atoms with Gasteiger partial charge in [-0.05, 0) is 42.8 Å². The molecule has 5 heteroatoms. The molecule has 0 bridgehead atoms. The minimum absolute atomic E-state index is 0.0626. The Morgan fingerprint density at radius 1 is 0.786 bits per heavy atom. The van der Waals surface area contributed by atoms with Crippen LogP contribution < -0.4 is 10.6 Å². The van der Waals surface area contributed by atoms with Crippen molar-refractivity contribution in [2.75, 3.05) is 16.4 Å². The SMILES string of the molecule is Cc1ccc(NC(=O)CSc2cccc(NC(=O)Cc3ccccc3)c2)cc1. The highest BCUT2D eigenvalue weighted by Crippen LogP contribution is 2.22. The Labute approximate surface area is 169 Å². The number of hydrogen-bond acceptors (Lipinski definition) is 3. The molecule has 0 aliphatic carbocycles. The van der Waals surface area contributed by atoms with Gasteiger partial charge < -0.3 is 10.6 Å². The molecule has 0 aromatic heterocycles. The van der Waals surface area contributed by atoms with Crippen molar-refractivity contribution in [1.29, 1.82) is 0 Å². The number of carbonyl (C=O) groups excluding carboxylic acids is 2. The second-order valence-electron chi connectivity index (χ2n) is 6.44. The Morgan fingerprint density at radius 3 is 2.25 bits per heavy atom. The van der Waals surface area contributed by atoms with Crippen molar-refractivity contribution >= 4 is 35.0 Å². The summed E-state index contributed by atoms with van der Waals surface area (Å²) in [4.78, 5) is 25.3. The van der Waals surface area contributed by atoms with E-state index in [1.807, 2.05) is 85.8 Å². The van der Waals surface area contributed by atoms with Gasteiger partial charge in [-0.2, -0.15) is 0 Å². The van der Waals surface area contributed by atoms with Gasteiger partial charge in [0.2, 0.25) is 11.8 Å². The predicted octanol–water partition coefficient (Wildman–Crippen LogP) is 4.91. The molecular weight excluding hydrogens is 368 g/mol. The first-order chi connectivity index (χ1) is 13.6. The number of anilines is 2. The Kier molecular flexibility index (Phi) is 6.87. The largest absolute Gasteiger partial charge is 0.326 e. The van der Waals surface area contributed by atoms with Gasteiger partial charge >= 0.3 is 0 Å². The zero-order valence-corrected chi connectivity index (χ0v) is 16.5. The van der Waals surface area contributed by atoms with Gasteiger partial charge in [0, 0.05) is 16.3 Å². The first-order valence-corrected chi connectivity index (χ1v) is 10.0. The quantitative estimate of drug-likeness (QED) is 0.564. The second kappa shape index (κ2) is 9.76. The maximum absolute atomic E-state index is 12.2. The summed E-state index contributed by atoms with van der Waals surface area (Å²) < 4.78 is 0. The molecule has 4 nitrogen and oxygen atoms in total. The van der Waals surface area contributed by atoms with E-state index in [0.29, 0.717) is 12.2 Å². The lowest BCUT2D eigenvalue weighted by Crippen LogP contribution is -2.15. The Bertz CT molecular complexity index is 940. The molecule has 2 amide bonds. The highest BCUT2D eigenvalue weighted by atomic mass is 32.2. The van der Waals surface area contributed by atoms with E-state index in [9.17, 15) is 9.59 Å². The minimum atomic E-state index is -0.0644. The molecule has 0 radical (unpaired) electrons. The minimum Gasteiger partial charge on any atom is -0.326 e. The Balaban J connectivity index is 1.50. The van der Waals surface area contributed by atoms with E-state index in [1.54, 1.807) is 0 Å². The summed E-state index contributed by atoms with van der Waals surface area (Å²) in [5.41, 5.74) is 3.64. The first-order valence-electron chi connectivity index (χ1n) is 9.02. The first kappa shape index (κ1) is 19.7. The number of nitrogens with one attached hydrogen (secondary N) is 2. The van der Waals surface area contributed by atoms with Gasteiger partial charge in [-0.1, -0.05) is 54.1 Å². The lowest BCUT2D eigenvalue weighted by molar-refractivity contribution is -0.115. The molecule has 0 saturated heterocycles. The number of aryl methyl sites for hydroxylation is 1. The average Bonchev–Trinajstić information content (AvgIpc) is 2.69. The summed E-state index contributed by atoms with van der Waals surface area (Å²) in [6, 6.07) is 24.9. The van der Waals surface area contributed by atoms with E-state index in [0.717, 1.165) is 27.4 Å². The number of hydrogen-bond donors (Lipinski definition) is 2. The third-order valence-electron chi connectivity index (χ3n) is 4.03. The zero-order chi connectivity index (χ0) is 19.8. The van der Waals surface area contributed by atoms with Crippen LogP contribution in [0.25, 0.3) is 0 Å². The van der Waals surface area contributed by atoms with Crippen molar-refractivity contribution < 1.29 is 9.59 Å². The summed E-state index contributed by atoms with van der Waals surface area (Å²) in [5, 5.41) is 5.79. The average molecular weight is 391 g/mol. The van der Waals surface area contributed by atoms with Crippen molar-refractivity contribution in [3.05, 3.63) is 90.0 Å². The molecule has 0 atom stereocenters. The maximum Gasteiger partial charge on any atom is 0.234 e. The lowest BCUT2D eigenvalue weighted by atomic mass is 10.1. The summed E-state index contributed by atoms with van der Waals surface area (Å²) in [6.45, 7) is 2.01. The molecule has 3 aromatic rings. The summed E-state index contributed by atoms with van der Waals surface area (Å²) >= 11 is 1.43. The highest BCUT2D eigenvalue weighted by molar-refractivity contribution is 8.00. The van der Waals surface area contributed by atoms with Crippen LogP contribution in [-0.2, 0) is 16.0 Å². The van der Waals surface area contributed by atoms with Crippen LogP contribution in [0.5, 0.6) is 0 Å². The highest BCUT2D eigenvalue weighted by Gasteiger charge is 2.07. The van der Waals surface area contributed by atoms with Crippen LogP contribution in [0.2, 0.25) is 0 Å². The fourth-order valence-corrected chi connectivity index (χ4v) is 3.39. The zero-order valence-electron chi connectivity index (χ0n) is 15.6. The van der Waals surface area contributed by atoms with E-state index < -0.39 is 0 Å². The Morgan fingerprint density at radius 2 is 1.50 bits per heavy atom. The van der Waals surface area contributed by atoms with Crippen LogP contribution in [0.15, 0.2) is 83.8 Å². The Hall–Kier alpha value is -3.05. The van der Waals surface area contributed by atoms with Gasteiger partial charge in [0.25, 0.3) is 0 Å². The van der Waals surface area contributed by atoms with E-state index >= 15 is 0 Å². The van der Waals surface area contributed by atoms with E-state index in [-0.39, 0.29) is 11.8 Å². The monoisotopic (exact) mass is 390 g/mol. The molecule has 28 heavy (non-hydrogen) atoms. The van der Waals surface area contributed by atoms with Gasteiger partial charge in [-0.15, -0.1) is 11.8 Å². The van der Waals surface area contributed by atoms with Crippen LogP contribution in [0, 0.1) is 6.92 Å². The van der Waals surface area contributed by atoms with Gasteiger partial charge in [-0.3, -0.25) is 9.59 Å². The maximum atomic E-state index is 12.2. The van der Waals surface area contributed by atoms with Crippen LogP contribution in [0.3, 0.4) is 0 Å². The number of carbonyl (C=O) groups is 2. The molecule has 0 heterocycles. The van der Waals surface area contributed by atoms with Crippen molar-refractivity contribution in [2.45, 2.75) is 18.2 Å². The van der Waals surface area contributed by atoms with Crippen molar-refractivity contribution in [1.82, 2.24) is 0 Å². The van der Waals surface area contributed by atoms with Crippen LogP contribution in [0.4, 0.5) is 11.4 Å². The molecule has 0 aliphatic rings. The van der Waals surface area contributed by atoms with Crippen molar-refractivity contribution in [2.24, 2.45) is 0 Å². The van der Waals surface area contributed by atoms with Gasteiger partial charge in [-0.25, -0.2) is 0 Å². The number of amides is 2. The van der Waals surface area contributed by atoms with Gasteiger partial charge in [0.05, 0.1) is 12.2 Å². The standard InChI is InChI=1S/C23H22N2O2S/c1-17-10-12-19(13-11-17)24-23(27)16-28-21-9-5-8-20(15-21)25-22(26)14-18-6-3-2-4-7-18/h2-13,15H,14,16H2,1H3,(H,24,27)(H,25,26). The molecule has 0 unspecified atom stereocenters. The molecular formula is C23H22N2O2S. The molecule has 142 valence electrons. The molecule has 3 aromatic carbocycles. The molecule has 3 rings (SSSR count). The van der Waals surface area contributed by atoms with Crippen LogP contribution >= 0.6 is 11.8 Å². The topological polar surface area (TPSA) is 58.2 Å². The van der Waals surface area contributed by atoms with Gasteiger partial charge in [0.15, 0.2) is 0 Å². The summed E-state index contributed by atoms with van der Waals surface area (Å²) in [5.74, 6) is 0.174.